The summed E-state index contributed by atoms with van der Waals surface area (Å²) in [6.45, 7) is -0.0434. The Kier molecular flexibility index (Phi) is 4.34. The third-order valence-corrected chi connectivity index (χ3v) is 2.30. The van der Waals surface area contributed by atoms with E-state index in [4.69, 9.17) is 5.11 Å². The minimum absolute atomic E-state index is 0.0701. The van der Waals surface area contributed by atoms with Crippen LogP contribution in [0, 0.1) is 0 Å². The average molecular weight is 288 g/mol. The van der Waals surface area contributed by atoms with Gasteiger partial charge in [-0.1, -0.05) is 6.07 Å². The molecule has 0 bridgehead atoms. The van der Waals surface area contributed by atoms with Crippen LogP contribution in [-0.2, 0) is 12.8 Å². The summed E-state index contributed by atoms with van der Waals surface area (Å²) in [7, 11) is 0. The van der Waals surface area contributed by atoms with Crippen LogP contribution >= 0.6 is 0 Å². The van der Waals surface area contributed by atoms with Crippen LogP contribution in [0.15, 0.2) is 18.2 Å². The predicted molar refractivity (Wildman–Crippen MR) is 53.5 cm³/mol. The van der Waals surface area contributed by atoms with Gasteiger partial charge in [0.2, 0.25) is 0 Å². The third-order valence-electron chi connectivity index (χ3n) is 2.30. The van der Waals surface area contributed by atoms with Crippen molar-refractivity contribution in [1.29, 1.82) is 0 Å². The van der Waals surface area contributed by atoms with E-state index in [0.29, 0.717) is 13.0 Å². The Hall–Kier alpha value is -1.44. The summed E-state index contributed by atoms with van der Waals surface area (Å²) in [6.07, 6.45) is -12.0. The Balaban J connectivity index is 3.14. The molecule has 0 spiro atoms. The molecule has 0 aromatic heterocycles. The lowest BCUT2D eigenvalue weighted by Gasteiger charge is -2.21. The minimum Gasteiger partial charge on any atom is -0.481 e. The normalized spacial score (nSPS) is 14.3. The van der Waals surface area contributed by atoms with Gasteiger partial charge in [0.1, 0.15) is 5.75 Å². The van der Waals surface area contributed by atoms with Crippen LogP contribution in [0.5, 0.6) is 5.75 Å². The highest BCUT2D eigenvalue weighted by Crippen LogP contribution is 2.38. The zero-order valence-corrected chi connectivity index (χ0v) is 9.64. The van der Waals surface area contributed by atoms with Gasteiger partial charge in [-0.25, -0.2) is 0 Å². The molecule has 0 heterocycles. The highest BCUT2D eigenvalue weighted by Gasteiger charge is 2.41. The molecule has 1 aromatic rings. The van der Waals surface area contributed by atoms with Gasteiger partial charge in [-0.2, -0.15) is 26.3 Å². The number of aliphatic hydroxyl groups excluding tert-OH is 1. The van der Waals surface area contributed by atoms with Crippen molar-refractivity contribution in [3.63, 3.8) is 0 Å². The molecule has 19 heavy (non-hydrogen) atoms. The topological polar surface area (TPSA) is 29.5 Å². The second-order valence-electron chi connectivity index (χ2n) is 3.79. The highest BCUT2D eigenvalue weighted by molar-refractivity contribution is 5.39. The van der Waals surface area contributed by atoms with Gasteiger partial charge in [0, 0.05) is 0 Å². The Bertz CT molecular complexity index is 438. The van der Waals surface area contributed by atoms with Crippen LogP contribution in [0.1, 0.15) is 18.1 Å². The summed E-state index contributed by atoms with van der Waals surface area (Å²) in [5.41, 5.74) is -1.42. The number of alkyl halides is 6. The molecule has 108 valence electrons. The van der Waals surface area contributed by atoms with Crippen molar-refractivity contribution in [3.8, 4) is 5.75 Å². The molecule has 1 N–H and O–H groups in total. The number of hydrogen-bond donors (Lipinski definition) is 1. The molecule has 2 nitrogen and oxygen atoms in total. The molecule has 1 aromatic carbocycles. The zero-order valence-electron chi connectivity index (χ0n) is 9.64. The van der Waals surface area contributed by atoms with E-state index in [1.165, 1.54) is 0 Å². The lowest BCUT2D eigenvalue weighted by molar-refractivity contribution is -0.191. The van der Waals surface area contributed by atoms with Gasteiger partial charge >= 0.3 is 12.4 Å². The standard InChI is InChI=1S/C11H10F6O2/c1-6(10(12,13)14)19-9-3-2-7(5-18)4-8(9)11(15,16)17/h2-4,6,18H,5H2,1H3. The number of rotatable bonds is 3. The van der Waals surface area contributed by atoms with E-state index < -0.39 is 36.4 Å². The van der Waals surface area contributed by atoms with Crippen molar-refractivity contribution in [2.45, 2.75) is 32.0 Å². The summed E-state index contributed by atoms with van der Waals surface area (Å²) >= 11 is 0. The maximum atomic E-state index is 12.7. The van der Waals surface area contributed by atoms with Crippen LogP contribution < -0.4 is 4.74 Å². The third kappa shape index (κ3) is 4.02. The molecule has 0 saturated carbocycles. The number of halogens is 6. The van der Waals surface area contributed by atoms with Gasteiger partial charge in [-0.15, -0.1) is 0 Å². The van der Waals surface area contributed by atoms with E-state index in [0.717, 1.165) is 12.1 Å². The Morgan fingerprint density at radius 3 is 2.16 bits per heavy atom. The first-order chi connectivity index (χ1) is 8.55. The Labute approximate surface area is 104 Å². The van der Waals surface area contributed by atoms with Crippen LogP contribution in [0.4, 0.5) is 26.3 Å². The molecular formula is C11H10F6O2. The summed E-state index contributed by atoms with van der Waals surface area (Å²) in [6, 6.07) is 2.38. The molecule has 0 fully saturated rings. The minimum atomic E-state index is -4.87. The van der Waals surface area contributed by atoms with Crippen molar-refractivity contribution in [3.05, 3.63) is 29.3 Å². The quantitative estimate of drug-likeness (QED) is 0.862. The summed E-state index contributed by atoms with van der Waals surface area (Å²) in [5.74, 6) is -0.922. The van der Waals surface area contributed by atoms with Crippen molar-refractivity contribution in [2.24, 2.45) is 0 Å². The molecule has 0 aliphatic heterocycles. The fourth-order valence-electron chi connectivity index (χ4n) is 1.26. The van der Waals surface area contributed by atoms with Crippen molar-refractivity contribution in [1.82, 2.24) is 0 Å². The second kappa shape index (κ2) is 5.28. The van der Waals surface area contributed by atoms with Crippen LogP contribution in [0.2, 0.25) is 0 Å². The molecule has 1 unspecified atom stereocenters. The maximum Gasteiger partial charge on any atom is 0.425 e. The molecule has 8 heteroatoms. The first kappa shape index (κ1) is 15.6. The van der Waals surface area contributed by atoms with Crippen LogP contribution in [0.25, 0.3) is 0 Å². The van der Waals surface area contributed by atoms with Gasteiger partial charge in [0.05, 0.1) is 12.2 Å². The largest absolute Gasteiger partial charge is 0.481 e. The molecule has 0 aliphatic rings. The van der Waals surface area contributed by atoms with Gasteiger partial charge < -0.3 is 9.84 Å². The molecule has 1 rings (SSSR count). The average Bonchev–Trinajstić information content (AvgIpc) is 2.26. The zero-order chi connectivity index (χ0) is 14.8. The van der Waals surface area contributed by atoms with E-state index in [1.807, 2.05) is 0 Å². The van der Waals surface area contributed by atoms with E-state index >= 15 is 0 Å². The first-order valence-electron chi connectivity index (χ1n) is 5.10. The number of aliphatic hydroxyl groups is 1. The monoisotopic (exact) mass is 288 g/mol. The van der Waals surface area contributed by atoms with Crippen LogP contribution in [0.3, 0.4) is 0 Å². The first-order valence-corrected chi connectivity index (χ1v) is 5.10. The van der Waals surface area contributed by atoms with Gasteiger partial charge in [-0.3, -0.25) is 0 Å². The molecule has 0 amide bonds. The SMILES string of the molecule is CC(Oc1ccc(CO)cc1C(F)(F)F)C(F)(F)F. The number of benzene rings is 1. The highest BCUT2D eigenvalue weighted by atomic mass is 19.4. The maximum absolute atomic E-state index is 12.7. The number of ether oxygens (including phenoxy) is 1. The van der Waals surface area contributed by atoms with E-state index in [-0.39, 0.29) is 5.56 Å². The second-order valence-corrected chi connectivity index (χ2v) is 3.79. The van der Waals surface area contributed by atoms with Crippen molar-refractivity contribution in [2.75, 3.05) is 0 Å². The van der Waals surface area contributed by atoms with Crippen molar-refractivity contribution >= 4 is 0 Å². The Morgan fingerprint density at radius 1 is 1.16 bits per heavy atom. The predicted octanol–water partition coefficient (Wildman–Crippen LogP) is 3.53. The lowest BCUT2D eigenvalue weighted by atomic mass is 10.1. The van der Waals surface area contributed by atoms with Crippen molar-refractivity contribution < 1.29 is 36.2 Å². The fraction of sp³-hybridized carbons (Fsp3) is 0.455. The molecule has 0 saturated heterocycles. The molecule has 1 atom stereocenters. The molecule has 0 radical (unpaired) electrons. The molecule has 0 aliphatic carbocycles. The molecular weight excluding hydrogens is 278 g/mol. The van der Waals surface area contributed by atoms with E-state index in [1.54, 1.807) is 0 Å². The van der Waals surface area contributed by atoms with Gasteiger partial charge in [0.25, 0.3) is 0 Å². The van der Waals surface area contributed by atoms with E-state index in [9.17, 15) is 26.3 Å². The van der Waals surface area contributed by atoms with Gasteiger partial charge in [-0.05, 0) is 24.6 Å². The lowest BCUT2D eigenvalue weighted by Crippen LogP contribution is -2.31. The number of hydrogen-bond acceptors (Lipinski definition) is 2. The van der Waals surface area contributed by atoms with E-state index in [2.05, 4.69) is 4.74 Å². The summed E-state index contributed by atoms with van der Waals surface area (Å²) in [5, 5.41) is 8.74. The fourth-order valence-corrected chi connectivity index (χ4v) is 1.26. The van der Waals surface area contributed by atoms with Crippen LogP contribution in [-0.4, -0.2) is 17.4 Å². The summed E-state index contributed by atoms with van der Waals surface area (Å²) in [4.78, 5) is 0. The van der Waals surface area contributed by atoms with Gasteiger partial charge in [0.15, 0.2) is 6.10 Å². The summed E-state index contributed by atoms with van der Waals surface area (Å²) < 4.78 is 79.1. The smallest absolute Gasteiger partial charge is 0.425 e. The Morgan fingerprint density at radius 2 is 1.74 bits per heavy atom.